The van der Waals surface area contributed by atoms with Crippen molar-refractivity contribution in [3.05, 3.63) is 40.5 Å². The number of nitrogens with one attached hydrogen (secondary N) is 1. The summed E-state index contributed by atoms with van der Waals surface area (Å²) < 4.78 is 37.3. The number of likely N-dealkylation sites (N-methyl/N-ethyl adjacent to an activating group) is 1. The third-order valence-corrected chi connectivity index (χ3v) is 6.41. The van der Waals surface area contributed by atoms with Gasteiger partial charge in [0.1, 0.15) is 10.7 Å². The molecule has 27 heavy (non-hydrogen) atoms. The van der Waals surface area contributed by atoms with Crippen LogP contribution >= 0.6 is 15.9 Å². The van der Waals surface area contributed by atoms with Crippen LogP contribution in [-0.4, -0.2) is 51.4 Å². The minimum Gasteiger partial charge on any atom is -0.493 e. The second-order valence-corrected chi connectivity index (χ2v) is 8.48. The summed E-state index contributed by atoms with van der Waals surface area (Å²) in [4.78, 5) is 16.3. The standard InChI is InChI=1S/C17H20BrN3O5S/c1-11-6-5-7-16(19-11)20-17(22)10-21(2)27(23,24)15-9-14(26-4)13(25-3)8-12(15)18/h5-9H,10H2,1-4H3,(H,19,20,22). The molecule has 0 saturated heterocycles. The van der Waals surface area contributed by atoms with E-state index in [9.17, 15) is 13.2 Å². The fourth-order valence-corrected chi connectivity index (χ4v) is 4.40. The van der Waals surface area contributed by atoms with E-state index in [2.05, 4.69) is 26.2 Å². The maximum absolute atomic E-state index is 12.9. The van der Waals surface area contributed by atoms with E-state index in [1.807, 2.05) is 0 Å². The number of anilines is 1. The van der Waals surface area contributed by atoms with E-state index < -0.39 is 15.9 Å². The van der Waals surface area contributed by atoms with Gasteiger partial charge in [-0.3, -0.25) is 4.79 Å². The molecule has 2 aromatic rings. The number of sulfonamides is 1. The molecule has 1 aromatic heterocycles. The molecule has 0 atom stereocenters. The van der Waals surface area contributed by atoms with Crippen molar-refractivity contribution >= 4 is 37.7 Å². The van der Waals surface area contributed by atoms with Gasteiger partial charge in [-0.15, -0.1) is 0 Å². The number of benzene rings is 1. The second kappa shape index (κ2) is 8.68. The molecule has 0 saturated carbocycles. The third kappa shape index (κ3) is 4.96. The molecule has 8 nitrogen and oxygen atoms in total. The molecule has 2 rings (SSSR count). The van der Waals surface area contributed by atoms with E-state index in [0.29, 0.717) is 16.0 Å². The minimum atomic E-state index is -3.95. The zero-order chi connectivity index (χ0) is 20.2. The molecule has 146 valence electrons. The number of carbonyl (C=O) groups excluding carboxylic acids is 1. The second-order valence-electron chi connectivity index (χ2n) is 5.61. The monoisotopic (exact) mass is 457 g/mol. The molecule has 1 amide bonds. The van der Waals surface area contributed by atoms with Gasteiger partial charge in [-0.1, -0.05) is 6.07 Å². The number of halogens is 1. The van der Waals surface area contributed by atoms with E-state index in [4.69, 9.17) is 9.47 Å². The number of carbonyl (C=O) groups is 1. The van der Waals surface area contributed by atoms with E-state index >= 15 is 0 Å². The zero-order valence-electron chi connectivity index (χ0n) is 15.3. The summed E-state index contributed by atoms with van der Waals surface area (Å²) in [5.74, 6) is 0.504. The Balaban J connectivity index is 2.22. The quantitative estimate of drug-likeness (QED) is 0.685. The molecule has 1 aromatic carbocycles. The maximum atomic E-state index is 12.9. The summed E-state index contributed by atoms with van der Waals surface area (Å²) in [6, 6.07) is 8.01. The van der Waals surface area contributed by atoms with Gasteiger partial charge in [-0.2, -0.15) is 4.31 Å². The van der Waals surface area contributed by atoms with Crippen molar-refractivity contribution in [1.82, 2.24) is 9.29 Å². The average molecular weight is 458 g/mol. The Morgan fingerprint density at radius 1 is 1.22 bits per heavy atom. The first-order valence-corrected chi connectivity index (χ1v) is 10.0. The van der Waals surface area contributed by atoms with Crippen LogP contribution in [0.15, 0.2) is 39.7 Å². The van der Waals surface area contributed by atoms with E-state index in [1.54, 1.807) is 25.1 Å². The van der Waals surface area contributed by atoms with Gasteiger partial charge < -0.3 is 14.8 Å². The van der Waals surface area contributed by atoms with Crippen molar-refractivity contribution in [2.24, 2.45) is 0 Å². The first-order valence-electron chi connectivity index (χ1n) is 7.80. The number of aromatic nitrogens is 1. The van der Waals surface area contributed by atoms with E-state index in [0.717, 1.165) is 10.00 Å². The van der Waals surface area contributed by atoms with Gasteiger partial charge in [0, 0.05) is 23.3 Å². The number of ether oxygens (including phenoxy) is 2. The molecule has 0 bridgehead atoms. The lowest BCUT2D eigenvalue weighted by Gasteiger charge is -2.19. The fourth-order valence-electron chi connectivity index (χ4n) is 2.28. The van der Waals surface area contributed by atoms with Crippen molar-refractivity contribution in [2.75, 3.05) is 33.1 Å². The highest BCUT2D eigenvalue weighted by Crippen LogP contribution is 2.36. The normalized spacial score (nSPS) is 11.3. The van der Waals surface area contributed by atoms with Gasteiger partial charge in [0.05, 0.1) is 20.8 Å². The lowest BCUT2D eigenvalue weighted by atomic mass is 10.3. The number of hydrogen-bond donors (Lipinski definition) is 1. The van der Waals surface area contributed by atoms with Crippen LogP contribution < -0.4 is 14.8 Å². The van der Waals surface area contributed by atoms with Gasteiger partial charge in [0.15, 0.2) is 11.5 Å². The van der Waals surface area contributed by atoms with Crippen molar-refractivity contribution in [2.45, 2.75) is 11.8 Å². The first-order chi connectivity index (χ1) is 12.7. The Kier molecular flexibility index (Phi) is 6.79. The molecule has 0 spiro atoms. The summed E-state index contributed by atoms with van der Waals surface area (Å²) >= 11 is 3.23. The van der Waals surface area contributed by atoms with E-state index in [-0.39, 0.29) is 17.2 Å². The van der Waals surface area contributed by atoms with Gasteiger partial charge in [0.2, 0.25) is 15.9 Å². The van der Waals surface area contributed by atoms with Crippen LogP contribution in [0.4, 0.5) is 5.82 Å². The van der Waals surface area contributed by atoms with Gasteiger partial charge in [-0.05, 0) is 41.1 Å². The number of aryl methyl sites for hydroxylation is 1. The lowest BCUT2D eigenvalue weighted by molar-refractivity contribution is -0.116. The average Bonchev–Trinajstić information content (AvgIpc) is 2.60. The van der Waals surface area contributed by atoms with Crippen LogP contribution in [-0.2, 0) is 14.8 Å². The highest BCUT2D eigenvalue weighted by Gasteiger charge is 2.27. The number of methoxy groups -OCH3 is 2. The molecular formula is C17H20BrN3O5S. The highest BCUT2D eigenvalue weighted by atomic mass is 79.9. The Hall–Kier alpha value is -2.17. The third-order valence-electron chi connectivity index (χ3n) is 3.65. The van der Waals surface area contributed by atoms with Gasteiger partial charge >= 0.3 is 0 Å². The number of nitrogens with zero attached hydrogens (tertiary/aromatic N) is 2. The molecule has 0 unspecified atom stereocenters. The molecule has 0 radical (unpaired) electrons. The molecule has 10 heteroatoms. The number of hydrogen-bond acceptors (Lipinski definition) is 6. The van der Waals surface area contributed by atoms with Crippen LogP contribution in [0.25, 0.3) is 0 Å². The summed E-state index contributed by atoms with van der Waals surface area (Å²) in [5.41, 5.74) is 0.739. The Labute approximate surface area is 166 Å². The largest absolute Gasteiger partial charge is 0.493 e. The number of rotatable bonds is 7. The Morgan fingerprint density at radius 2 is 1.85 bits per heavy atom. The molecule has 1 heterocycles. The summed E-state index contributed by atoms with van der Waals surface area (Å²) in [6.45, 7) is 1.42. The Bertz CT molecular complexity index is 950. The molecule has 0 fully saturated rings. The number of pyridine rings is 1. The topological polar surface area (TPSA) is 97.8 Å². The van der Waals surface area contributed by atoms with Crippen LogP contribution in [0.1, 0.15) is 5.69 Å². The predicted octanol–water partition coefficient (Wildman–Crippen LogP) is 2.43. The van der Waals surface area contributed by atoms with Crippen LogP contribution in [0, 0.1) is 6.92 Å². The van der Waals surface area contributed by atoms with Crippen molar-refractivity contribution in [3.63, 3.8) is 0 Å². The van der Waals surface area contributed by atoms with Crippen molar-refractivity contribution in [1.29, 1.82) is 0 Å². The molecule has 0 aliphatic rings. The van der Waals surface area contributed by atoms with Crippen LogP contribution in [0.3, 0.4) is 0 Å². The molecule has 0 aliphatic carbocycles. The summed E-state index contributed by atoms with van der Waals surface area (Å²) in [6.07, 6.45) is 0. The summed E-state index contributed by atoms with van der Waals surface area (Å²) in [5, 5.41) is 2.58. The molecule has 1 N–H and O–H groups in total. The molecule has 0 aliphatic heterocycles. The SMILES string of the molecule is COc1cc(Br)c(S(=O)(=O)N(C)CC(=O)Nc2cccc(C)n2)cc1OC. The lowest BCUT2D eigenvalue weighted by Crippen LogP contribution is -2.35. The fraction of sp³-hybridized carbons (Fsp3) is 0.294. The van der Waals surface area contributed by atoms with Crippen molar-refractivity contribution in [3.8, 4) is 11.5 Å². The van der Waals surface area contributed by atoms with Gasteiger partial charge in [-0.25, -0.2) is 13.4 Å². The molecular weight excluding hydrogens is 438 g/mol. The zero-order valence-corrected chi connectivity index (χ0v) is 17.7. The first kappa shape index (κ1) is 21.1. The van der Waals surface area contributed by atoms with Crippen LogP contribution in [0.2, 0.25) is 0 Å². The van der Waals surface area contributed by atoms with Gasteiger partial charge in [0.25, 0.3) is 0 Å². The summed E-state index contributed by atoms with van der Waals surface area (Å²) in [7, 11) is 0.232. The predicted molar refractivity (Wildman–Crippen MR) is 105 cm³/mol. The number of amides is 1. The van der Waals surface area contributed by atoms with Crippen LogP contribution in [0.5, 0.6) is 11.5 Å². The Morgan fingerprint density at radius 3 is 2.44 bits per heavy atom. The minimum absolute atomic E-state index is 0.0378. The smallest absolute Gasteiger partial charge is 0.244 e. The maximum Gasteiger partial charge on any atom is 0.244 e. The van der Waals surface area contributed by atoms with E-state index in [1.165, 1.54) is 33.4 Å². The highest BCUT2D eigenvalue weighted by molar-refractivity contribution is 9.10. The van der Waals surface area contributed by atoms with Crippen molar-refractivity contribution < 1.29 is 22.7 Å².